The van der Waals surface area contributed by atoms with Crippen molar-refractivity contribution >= 4 is 29.2 Å². The Hall–Kier alpha value is -4.36. The Morgan fingerprint density at radius 3 is 2.68 bits per heavy atom. The van der Waals surface area contributed by atoms with E-state index < -0.39 is 0 Å². The highest BCUT2D eigenvalue weighted by Gasteiger charge is 2.44. The molecule has 10 rings (SSSR count). The predicted molar refractivity (Wildman–Crippen MR) is 195 cm³/mol. The van der Waals surface area contributed by atoms with Crippen molar-refractivity contribution in [3.05, 3.63) is 158 Å². The van der Waals surface area contributed by atoms with Crippen molar-refractivity contribution in [3.63, 3.8) is 0 Å². The molecular weight excluding hydrogens is 569 g/mol. The molecule has 0 amide bonds. The minimum absolute atomic E-state index is 0.373. The first kappa shape index (κ1) is 27.7. The van der Waals surface area contributed by atoms with Gasteiger partial charge in [-0.05, 0) is 101 Å². The fourth-order valence-corrected chi connectivity index (χ4v) is 10.1. The van der Waals surface area contributed by atoms with Crippen LogP contribution in [0.5, 0.6) is 0 Å². The topological polar surface area (TPSA) is 13.1 Å². The van der Waals surface area contributed by atoms with E-state index in [1.54, 1.807) is 22.3 Å². The average molecular weight is 611 g/mol. The van der Waals surface area contributed by atoms with E-state index in [1.165, 1.54) is 56.7 Å². The van der Waals surface area contributed by atoms with Crippen LogP contribution >= 0.6 is 0 Å². The van der Waals surface area contributed by atoms with Gasteiger partial charge in [0.15, 0.2) is 0 Å². The summed E-state index contributed by atoms with van der Waals surface area (Å²) in [6.07, 6.45) is 42.2. The molecule has 0 aliphatic heterocycles. The molecule has 0 radical (unpaired) electrons. The maximum Gasteiger partial charge on any atom is 0.142 e. The quantitative estimate of drug-likeness (QED) is 0.288. The Bertz CT molecular complexity index is 2200. The Balaban J connectivity index is 1.09. The van der Waals surface area contributed by atoms with Crippen LogP contribution in [-0.4, -0.2) is 0 Å². The maximum absolute atomic E-state index is 6.83. The van der Waals surface area contributed by atoms with Crippen LogP contribution in [0.3, 0.4) is 0 Å². The van der Waals surface area contributed by atoms with Gasteiger partial charge in [0.2, 0.25) is 0 Å². The largest absolute Gasteiger partial charge is 0.460 e. The lowest BCUT2D eigenvalue weighted by Gasteiger charge is -2.45. The molecule has 0 fully saturated rings. The SMILES string of the molecule is C1=CC2=C(C3CCCc4oc5c6c(ccc5c43)CCC=C6)C3=CCCC=C3C(C3C=C(C4C=c5ccccc5=CC4)C=CC3)C2C=C1. The van der Waals surface area contributed by atoms with Crippen LogP contribution in [0.1, 0.15) is 73.3 Å². The summed E-state index contributed by atoms with van der Waals surface area (Å²) in [7, 11) is 0. The van der Waals surface area contributed by atoms with E-state index in [2.05, 4.69) is 115 Å². The zero-order valence-electron chi connectivity index (χ0n) is 27.1. The first-order chi connectivity index (χ1) is 23.3. The molecule has 1 heteroatoms. The second-order valence-corrected chi connectivity index (χ2v) is 14.7. The Kier molecular flexibility index (Phi) is 6.56. The van der Waals surface area contributed by atoms with E-state index in [4.69, 9.17) is 4.42 Å². The highest BCUT2D eigenvalue weighted by atomic mass is 16.3. The van der Waals surface area contributed by atoms with E-state index in [0.29, 0.717) is 29.6 Å². The lowest BCUT2D eigenvalue weighted by atomic mass is 9.58. The molecule has 47 heavy (non-hydrogen) atoms. The third-order valence-electron chi connectivity index (χ3n) is 12.1. The van der Waals surface area contributed by atoms with Crippen LogP contribution in [0.2, 0.25) is 0 Å². The number of furan rings is 1. The molecule has 0 saturated carbocycles. The number of benzene rings is 2. The third-order valence-corrected chi connectivity index (χ3v) is 12.1. The minimum atomic E-state index is 0.373. The van der Waals surface area contributed by atoms with Crippen molar-refractivity contribution in [2.24, 2.45) is 23.7 Å². The molecule has 1 heterocycles. The van der Waals surface area contributed by atoms with Crippen molar-refractivity contribution in [3.8, 4) is 0 Å². The molecule has 2 aromatic carbocycles. The minimum Gasteiger partial charge on any atom is -0.460 e. The van der Waals surface area contributed by atoms with Gasteiger partial charge in [-0.2, -0.15) is 0 Å². The van der Waals surface area contributed by atoms with Gasteiger partial charge in [-0.3, -0.25) is 0 Å². The zero-order chi connectivity index (χ0) is 30.9. The highest BCUT2D eigenvalue weighted by Crippen LogP contribution is 2.57. The summed E-state index contributed by atoms with van der Waals surface area (Å²) in [5.74, 6) is 3.40. The molecule has 0 spiro atoms. The molecule has 232 valence electrons. The normalized spacial score (nSPS) is 28.6. The van der Waals surface area contributed by atoms with Crippen molar-refractivity contribution in [2.45, 2.75) is 63.7 Å². The number of hydrogen-bond donors (Lipinski definition) is 0. The smallest absolute Gasteiger partial charge is 0.142 e. The molecule has 0 bridgehead atoms. The van der Waals surface area contributed by atoms with E-state index in [-0.39, 0.29) is 0 Å². The van der Waals surface area contributed by atoms with Crippen LogP contribution in [0.25, 0.3) is 29.2 Å². The average Bonchev–Trinajstić information content (AvgIpc) is 3.53. The Labute approximate surface area is 278 Å². The number of hydrogen-bond acceptors (Lipinski definition) is 1. The zero-order valence-corrected chi connectivity index (χ0v) is 27.1. The second-order valence-electron chi connectivity index (χ2n) is 14.7. The van der Waals surface area contributed by atoms with Gasteiger partial charge in [-0.15, -0.1) is 0 Å². The molecule has 7 aliphatic rings. The first-order valence-electron chi connectivity index (χ1n) is 18.2. The molecule has 0 saturated heterocycles. The van der Waals surface area contributed by atoms with E-state index in [0.717, 1.165) is 50.5 Å². The van der Waals surface area contributed by atoms with Gasteiger partial charge in [0.05, 0.1) is 0 Å². The number of aryl methyl sites for hydroxylation is 2. The van der Waals surface area contributed by atoms with Crippen LogP contribution in [0.15, 0.2) is 129 Å². The van der Waals surface area contributed by atoms with Gasteiger partial charge >= 0.3 is 0 Å². The fraction of sp³-hybridized carbons (Fsp3) is 0.304. The van der Waals surface area contributed by atoms with Gasteiger partial charge in [0.25, 0.3) is 0 Å². The van der Waals surface area contributed by atoms with Crippen LogP contribution in [0, 0.1) is 23.7 Å². The number of fused-ring (bicyclic) bond motifs is 8. The molecule has 7 aliphatic carbocycles. The van der Waals surface area contributed by atoms with E-state index in [1.807, 2.05) is 0 Å². The first-order valence-corrected chi connectivity index (χ1v) is 18.2. The van der Waals surface area contributed by atoms with Gasteiger partial charge in [-0.1, -0.05) is 115 Å². The van der Waals surface area contributed by atoms with Gasteiger partial charge in [0, 0.05) is 46.6 Å². The third kappa shape index (κ3) is 4.42. The molecule has 0 N–H and O–H groups in total. The van der Waals surface area contributed by atoms with Gasteiger partial charge in [-0.25, -0.2) is 0 Å². The molecular formula is C46H42O. The molecule has 3 aromatic rings. The summed E-state index contributed by atoms with van der Waals surface area (Å²) in [6, 6.07) is 13.6. The predicted octanol–water partition coefficient (Wildman–Crippen LogP) is 9.91. The number of allylic oxidation sites excluding steroid dienone is 15. The summed E-state index contributed by atoms with van der Waals surface area (Å²) in [6.45, 7) is 0. The molecule has 5 unspecified atom stereocenters. The summed E-state index contributed by atoms with van der Waals surface area (Å²) >= 11 is 0. The van der Waals surface area contributed by atoms with Gasteiger partial charge < -0.3 is 4.42 Å². The van der Waals surface area contributed by atoms with Crippen molar-refractivity contribution < 1.29 is 4.42 Å². The monoisotopic (exact) mass is 610 g/mol. The Morgan fingerprint density at radius 2 is 1.70 bits per heavy atom. The van der Waals surface area contributed by atoms with Crippen LogP contribution < -0.4 is 10.4 Å². The summed E-state index contributed by atoms with van der Waals surface area (Å²) < 4.78 is 6.83. The lowest BCUT2D eigenvalue weighted by molar-refractivity contribution is 0.374. The fourth-order valence-electron chi connectivity index (χ4n) is 10.1. The maximum atomic E-state index is 6.83. The Morgan fingerprint density at radius 1 is 0.766 bits per heavy atom. The highest BCUT2D eigenvalue weighted by molar-refractivity contribution is 5.92. The second kappa shape index (κ2) is 11.1. The van der Waals surface area contributed by atoms with Gasteiger partial charge in [0.1, 0.15) is 11.3 Å². The summed E-state index contributed by atoms with van der Waals surface area (Å²) in [5.41, 5.74) is 13.2. The summed E-state index contributed by atoms with van der Waals surface area (Å²) in [4.78, 5) is 0. The number of rotatable bonds is 3. The van der Waals surface area contributed by atoms with Crippen LogP contribution in [0.4, 0.5) is 0 Å². The van der Waals surface area contributed by atoms with E-state index >= 15 is 0 Å². The van der Waals surface area contributed by atoms with E-state index in [9.17, 15) is 0 Å². The molecule has 1 aromatic heterocycles. The van der Waals surface area contributed by atoms with Crippen molar-refractivity contribution in [1.82, 2.24) is 0 Å². The standard InChI is InChI=1S/C46H42O/c1-2-13-31-27-33(24-23-29(31)11-1)32-14-9-15-34(28-32)43-36-17-5-7-19-38(36)44(39-20-8-6-18-37(39)43)40-21-10-22-42-45(40)41-26-25-30-12-3-4-16-35(30)46(41)47-42/h1-2,4-5,7,9,11,13-14,16-20,23,25-28,33-34,36,40,43H,3,6,8,10,12,15,21-22,24H2. The molecule has 1 nitrogen and oxygen atoms in total. The lowest BCUT2D eigenvalue weighted by Crippen LogP contribution is -2.34. The summed E-state index contributed by atoms with van der Waals surface area (Å²) in [5, 5.41) is 4.11. The van der Waals surface area contributed by atoms with Crippen LogP contribution in [-0.2, 0) is 12.8 Å². The van der Waals surface area contributed by atoms with Crippen molar-refractivity contribution in [2.75, 3.05) is 0 Å². The molecule has 5 atom stereocenters. The van der Waals surface area contributed by atoms with Crippen molar-refractivity contribution in [1.29, 1.82) is 0 Å².